The number of nitrogens with one attached hydrogen (secondary N) is 3. The summed E-state index contributed by atoms with van der Waals surface area (Å²) < 4.78 is 5.18. The maximum Gasteiger partial charge on any atom is 0.258 e. The molecule has 4 rings (SSSR count). The Morgan fingerprint density at radius 3 is 2.94 bits per heavy atom. The number of piperidine rings is 1. The molecule has 2 aromatic rings. The zero-order valence-corrected chi connectivity index (χ0v) is 17.7. The van der Waals surface area contributed by atoms with Crippen LogP contribution in [0.5, 0.6) is 5.75 Å². The third-order valence-electron chi connectivity index (χ3n) is 5.96. The van der Waals surface area contributed by atoms with Crippen LogP contribution in [-0.4, -0.2) is 41.5 Å². The molecule has 0 radical (unpaired) electrons. The van der Waals surface area contributed by atoms with E-state index in [4.69, 9.17) is 4.74 Å². The van der Waals surface area contributed by atoms with E-state index in [2.05, 4.69) is 32.4 Å². The molecule has 3 heterocycles. The summed E-state index contributed by atoms with van der Waals surface area (Å²) >= 11 is 0. The van der Waals surface area contributed by atoms with Crippen molar-refractivity contribution in [2.45, 2.75) is 51.0 Å². The predicted molar refractivity (Wildman–Crippen MR) is 118 cm³/mol. The number of methoxy groups -OCH3 is 1. The van der Waals surface area contributed by atoms with Crippen molar-refractivity contribution in [3.63, 3.8) is 0 Å². The zero-order chi connectivity index (χ0) is 22.0. The van der Waals surface area contributed by atoms with E-state index in [-0.39, 0.29) is 23.7 Å². The van der Waals surface area contributed by atoms with Gasteiger partial charge in [0.2, 0.25) is 17.8 Å². The monoisotopic (exact) mass is 425 g/mol. The molecule has 0 unspecified atom stereocenters. The molecule has 164 valence electrons. The second kappa shape index (κ2) is 8.79. The molecule has 2 aliphatic rings. The summed E-state index contributed by atoms with van der Waals surface area (Å²) in [4.78, 5) is 47.9. The van der Waals surface area contributed by atoms with Gasteiger partial charge in [0.15, 0.2) is 0 Å². The highest BCUT2D eigenvalue weighted by Gasteiger charge is 2.35. The van der Waals surface area contributed by atoms with E-state index in [9.17, 15) is 14.4 Å². The van der Waals surface area contributed by atoms with Gasteiger partial charge >= 0.3 is 0 Å². The summed E-state index contributed by atoms with van der Waals surface area (Å²) in [5.74, 6) is -0.494. The molecule has 0 spiro atoms. The third-order valence-corrected chi connectivity index (χ3v) is 5.96. The lowest BCUT2D eigenvalue weighted by Gasteiger charge is -2.36. The van der Waals surface area contributed by atoms with Gasteiger partial charge in [-0.1, -0.05) is 13.0 Å². The van der Waals surface area contributed by atoms with Gasteiger partial charge in [-0.3, -0.25) is 19.4 Å². The average Bonchev–Trinajstić information content (AvgIpc) is 2.78. The maximum absolute atomic E-state index is 13.0. The van der Waals surface area contributed by atoms with Gasteiger partial charge in [-0.25, -0.2) is 0 Å². The Morgan fingerprint density at radius 1 is 1.32 bits per heavy atom. The predicted octanol–water partition coefficient (Wildman–Crippen LogP) is 2.61. The van der Waals surface area contributed by atoms with Crippen molar-refractivity contribution in [1.29, 1.82) is 0 Å². The van der Waals surface area contributed by atoms with Crippen molar-refractivity contribution in [2.24, 2.45) is 0 Å². The summed E-state index contributed by atoms with van der Waals surface area (Å²) in [6.07, 6.45) is 4.03. The SMILES string of the molecule is CC[C@@H]1CCCCN1c1nc2c(c(=O)[nH]1)[C@H](C(=O)Nc1cccc(OC)c1)CC(=O)N2. The number of hydrogen-bond donors (Lipinski definition) is 3. The number of carbonyl (C=O) groups is 2. The number of anilines is 3. The number of rotatable bonds is 5. The first-order valence-electron chi connectivity index (χ1n) is 10.7. The fourth-order valence-corrected chi connectivity index (χ4v) is 4.35. The van der Waals surface area contributed by atoms with Gasteiger partial charge in [-0.15, -0.1) is 0 Å². The maximum atomic E-state index is 13.0. The van der Waals surface area contributed by atoms with Gasteiger partial charge in [-0.05, 0) is 37.8 Å². The van der Waals surface area contributed by atoms with Gasteiger partial charge in [-0.2, -0.15) is 4.98 Å². The summed E-state index contributed by atoms with van der Waals surface area (Å²) in [7, 11) is 1.54. The fraction of sp³-hybridized carbons (Fsp3) is 0.455. The lowest BCUT2D eigenvalue weighted by Crippen LogP contribution is -2.43. The van der Waals surface area contributed by atoms with Crippen LogP contribution in [0.1, 0.15) is 50.5 Å². The number of amides is 2. The lowest BCUT2D eigenvalue weighted by molar-refractivity contribution is -0.123. The number of nitrogens with zero attached hydrogens (tertiary/aromatic N) is 2. The van der Waals surface area contributed by atoms with E-state index in [1.165, 1.54) is 7.11 Å². The Balaban J connectivity index is 1.65. The molecule has 1 aromatic heterocycles. The number of benzene rings is 1. The molecular formula is C22H27N5O4. The quantitative estimate of drug-likeness (QED) is 0.678. The molecule has 2 amide bonds. The van der Waals surface area contributed by atoms with E-state index in [0.29, 0.717) is 23.4 Å². The molecule has 2 aliphatic heterocycles. The first-order chi connectivity index (χ1) is 15.0. The highest BCUT2D eigenvalue weighted by atomic mass is 16.5. The van der Waals surface area contributed by atoms with Crippen LogP contribution in [0.3, 0.4) is 0 Å². The Morgan fingerprint density at radius 2 is 2.16 bits per heavy atom. The average molecular weight is 425 g/mol. The molecule has 2 atom stereocenters. The minimum Gasteiger partial charge on any atom is -0.497 e. The number of fused-ring (bicyclic) bond motifs is 1. The van der Waals surface area contributed by atoms with Gasteiger partial charge in [0.05, 0.1) is 18.6 Å². The molecule has 31 heavy (non-hydrogen) atoms. The van der Waals surface area contributed by atoms with Crippen molar-refractivity contribution in [3.8, 4) is 5.75 Å². The number of aromatic amines is 1. The first kappa shape index (κ1) is 20.9. The normalized spacial score (nSPS) is 20.6. The number of H-pyrrole nitrogens is 1. The topological polar surface area (TPSA) is 116 Å². The minimum absolute atomic E-state index is 0.117. The second-order valence-electron chi connectivity index (χ2n) is 7.93. The van der Waals surface area contributed by atoms with Crippen LogP contribution in [-0.2, 0) is 9.59 Å². The smallest absolute Gasteiger partial charge is 0.258 e. The molecule has 1 saturated heterocycles. The van der Waals surface area contributed by atoms with Crippen LogP contribution in [0.2, 0.25) is 0 Å². The van der Waals surface area contributed by atoms with Crippen LogP contribution in [0.4, 0.5) is 17.5 Å². The van der Waals surface area contributed by atoms with Crippen molar-refractivity contribution in [1.82, 2.24) is 9.97 Å². The lowest BCUT2D eigenvalue weighted by atomic mass is 9.92. The van der Waals surface area contributed by atoms with Gasteiger partial charge < -0.3 is 20.3 Å². The summed E-state index contributed by atoms with van der Waals surface area (Å²) in [5, 5.41) is 5.46. The fourth-order valence-electron chi connectivity index (χ4n) is 4.35. The van der Waals surface area contributed by atoms with Crippen molar-refractivity contribution in [2.75, 3.05) is 29.2 Å². The van der Waals surface area contributed by atoms with Crippen molar-refractivity contribution in [3.05, 3.63) is 40.2 Å². The van der Waals surface area contributed by atoms with Crippen LogP contribution >= 0.6 is 0 Å². The Bertz CT molecular complexity index is 1050. The number of hydrogen-bond acceptors (Lipinski definition) is 6. The summed E-state index contributed by atoms with van der Waals surface area (Å²) in [5.41, 5.74) is 0.317. The molecular weight excluding hydrogens is 398 g/mol. The van der Waals surface area contributed by atoms with E-state index < -0.39 is 17.4 Å². The second-order valence-corrected chi connectivity index (χ2v) is 7.93. The summed E-state index contributed by atoms with van der Waals surface area (Å²) in [6.45, 7) is 2.91. The largest absolute Gasteiger partial charge is 0.497 e. The Labute approximate surface area is 180 Å². The molecule has 0 bridgehead atoms. The molecule has 3 N–H and O–H groups in total. The van der Waals surface area contributed by atoms with Crippen LogP contribution in [0, 0.1) is 0 Å². The molecule has 9 nitrogen and oxygen atoms in total. The van der Waals surface area contributed by atoms with Gasteiger partial charge in [0, 0.05) is 30.8 Å². The molecule has 9 heteroatoms. The number of ether oxygens (including phenoxy) is 1. The van der Waals surface area contributed by atoms with Crippen LogP contribution in [0.15, 0.2) is 29.1 Å². The van der Waals surface area contributed by atoms with Crippen molar-refractivity contribution < 1.29 is 14.3 Å². The highest BCUT2D eigenvalue weighted by Crippen LogP contribution is 2.32. The van der Waals surface area contributed by atoms with E-state index in [1.54, 1.807) is 24.3 Å². The van der Waals surface area contributed by atoms with Crippen LogP contribution < -0.4 is 25.8 Å². The Hall–Kier alpha value is -3.36. The number of carbonyl (C=O) groups excluding carboxylic acids is 2. The number of aromatic nitrogens is 2. The first-order valence-corrected chi connectivity index (χ1v) is 10.7. The third kappa shape index (κ3) is 4.26. The molecule has 0 saturated carbocycles. The molecule has 1 fully saturated rings. The minimum atomic E-state index is -0.927. The zero-order valence-electron chi connectivity index (χ0n) is 17.7. The van der Waals surface area contributed by atoms with Gasteiger partial charge in [0.1, 0.15) is 11.6 Å². The summed E-state index contributed by atoms with van der Waals surface area (Å²) in [6, 6.07) is 7.20. The van der Waals surface area contributed by atoms with E-state index in [1.807, 2.05) is 0 Å². The Kier molecular flexibility index (Phi) is 5.92. The van der Waals surface area contributed by atoms with Crippen molar-refractivity contribution >= 4 is 29.3 Å². The standard InChI is InChI=1S/C22H27N5O4/c1-3-14-8-4-5-10-27(14)22-25-19-18(21(30)26-22)16(12-17(28)24-19)20(29)23-13-7-6-9-15(11-13)31-2/h6-7,9,11,14,16H,3-5,8,10,12H2,1-2H3,(H,23,29)(H2,24,25,26,28,30)/t14-,16-/m1/s1. The molecule has 0 aliphatic carbocycles. The van der Waals surface area contributed by atoms with Gasteiger partial charge in [0.25, 0.3) is 5.56 Å². The molecule has 1 aromatic carbocycles. The van der Waals surface area contributed by atoms with E-state index in [0.717, 1.165) is 32.2 Å². The van der Waals surface area contributed by atoms with E-state index >= 15 is 0 Å². The highest BCUT2D eigenvalue weighted by molar-refractivity contribution is 6.04. The van der Waals surface area contributed by atoms with Crippen LogP contribution in [0.25, 0.3) is 0 Å².